The van der Waals surface area contributed by atoms with Crippen LogP contribution < -0.4 is 0 Å². The van der Waals surface area contributed by atoms with Crippen molar-refractivity contribution in [2.75, 3.05) is 0 Å². The number of benzene rings is 20. The van der Waals surface area contributed by atoms with Gasteiger partial charge in [0.25, 0.3) is 0 Å². The van der Waals surface area contributed by atoms with Crippen molar-refractivity contribution in [3.05, 3.63) is 437 Å². The van der Waals surface area contributed by atoms with Crippen molar-refractivity contribution in [3.63, 3.8) is 0 Å². The van der Waals surface area contributed by atoms with Gasteiger partial charge in [-0.05, 0) is 238 Å². The summed E-state index contributed by atoms with van der Waals surface area (Å²) in [6.07, 6.45) is 0. The molecule has 0 radical (unpaired) electrons. The van der Waals surface area contributed by atoms with E-state index in [1.165, 1.54) is 217 Å². The number of hydrogen-bond donors (Lipinski definition) is 0. The van der Waals surface area contributed by atoms with E-state index in [0.29, 0.717) is 0 Å². The number of fused-ring (bicyclic) bond motifs is 12. The van der Waals surface area contributed by atoms with E-state index >= 15 is 0 Å². The van der Waals surface area contributed by atoms with Gasteiger partial charge in [0.1, 0.15) is 0 Å². The second kappa shape index (κ2) is 29.3. The smallest absolute Gasteiger partial charge is 0.0434 e. The molecule has 0 atom stereocenters. The van der Waals surface area contributed by atoms with Gasteiger partial charge < -0.3 is 0 Å². The number of hydrogen-bond acceptors (Lipinski definition) is 2. The highest BCUT2D eigenvalue weighted by Crippen LogP contribution is 2.49. The van der Waals surface area contributed by atoms with Crippen LogP contribution in [0.25, 0.3) is 217 Å². The second-order valence-corrected chi connectivity index (χ2v) is 31.8. The maximum atomic E-state index is 2.42. The second-order valence-electron chi connectivity index (χ2n) is 29.7. The van der Waals surface area contributed by atoms with E-state index in [2.05, 4.69) is 437 Å². The molecule has 0 aliphatic rings. The molecule has 0 spiro atoms. The van der Waals surface area contributed by atoms with Crippen LogP contribution in [0.15, 0.2) is 437 Å². The summed E-state index contributed by atoms with van der Waals surface area (Å²) < 4.78 is 5.22. The largest absolute Gasteiger partial charge is 0.135 e. The molecule has 2 heterocycles. The van der Waals surface area contributed by atoms with Crippen molar-refractivity contribution in [1.29, 1.82) is 0 Å². The zero-order chi connectivity index (χ0) is 75.4. The standard InChI is InChI=1S/2C56H36S/c1-3-13-37(14-4-1)41-18-11-20-43(31-41)45-29-30-55-53(33-45)54-36-47(44-21-12-19-42(32-44)38-15-5-2-6-16-38)35-52(56(54)57-55)40-27-25-39(26-28-40)51-34-46-17-7-8-22-48(46)49-23-9-10-24-50(49)51;1-3-11-37(12-4-1)39-19-23-41(24-20-39)45-31-32-55-53(33-45)54-36-47(42-25-21-40(22-26-42)38-13-5-2-6-14-38)35-52(56(54)57-55)44-29-27-43(28-30-44)51-34-46-15-7-8-16-48(46)49-17-9-10-18-50(49)51/h2*1-36H. The van der Waals surface area contributed by atoms with E-state index in [1.807, 2.05) is 22.7 Å². The van der Waals surface area contributed by atoms with Gasteiger partial charge in [0.05, 0.1) is 0 Å². The Morgan fingerprint density at radius 1 is 0.114 bits per heavy atom. The van der Waals surface area contributed by atoms with Crippen LogP contribution in [0, 0.1) is 0 Å². The lowest BCUT2D eigenvalue weighted by atomic mass is 9.91. The topological polar surface area (TPSA) is 0 Å². The quantitative estimate of drug-likeness (QED) is 0.107. The van der Waals surface area contributed by atoms with E-state index in [-0.39, 0.29) is 0 Å². The third kappa shape index (κ3) is 12.8. The molecular formula is C112H72S2. The van der Waals surface area contributed by atoms with Gasteiger partial charge in [-0.3, -0.25) is 0 Å². The van der Waals surface area contributed by atoms with Gasteiger partial charge >= 0.3 is 0 Å². The minimum Gasteiger partial charge on any atom is -0.135 e. The average molecular weight is 1480 g/mol. The van der Waals surface area contributed by atoms with Crippen molar-refractivity contribution < 1.29 is 0 Å². The molecule has 0 amide bonds. The monoisotopic (exact) mass is 1480 g/mol. The molecule has 2 aromatic heterocycles. The van der Waals surface area contributed by atoms with Gasteiger partial charge in [0.2, 0.25) is 0 Å². The van der Waals surface area contributed by atoms with E-state index in [9.17, 15) is 0 Å². The molecule has 0 N–H and O–H groups in total. The Bertz CT molecular complexity index is 7380. The van der Waals surface area contributed by atoms with Crippen molar-refractivity contribution in [3.8, 4) is 134 Å². The van der Waals surface area contributed by atoms with Gasteiger partial charge in [-0.1, -0.05) is 364 Å². The predicted molar refractivity (Wildman–Crippen MR) is 494 cm³/mol. The van der Waals surface area contributed by atoms with E-state index in [4.69, 9.17) is 0 Å². The van der Waals surface area contributed by atoms with E-state index < -0.39 is 0 Å². The van der Waals surface area contributed by atoms with Crippen LogP contribution in [0.4, 0.5) is 0 Å². The first-order valence-corrected chi connectivity index (χ1v) is 40.8. The zero-order valence-corrected chi connectivity index (χ0v) is 64.0. The Morgan fingerprint density at radius 2 is 0.351 bits per heavy atom. The lowest BCUT2D eigenvalue weighted by molar-refractivity contribution is 1.59. The molecule has 22 rings (SSSR count). The van der Waals surface area contributed by atoms with E-state index in [1.54, 1.807) is 0 Å². The molecule has 0 nitrogen and oxygen atoms in total. The number of rotatable bonds is 12. The van der Waals surface area contributed by atoms with Crippen molar-refractivity contribution in [1.82, 2.24) is 0 Å². The average Bonchev–Trinajstić information content (AvgIpc) is 1.59. The highest BCUT2D eigenvalue weighted by molar-refractivity contribution is 7.26. The van der Waals surface area contributed by atoms with E-state index in [0.717, 1.165) is 0 Å². The summed E-state index contributed by atoms with van der Waals surface area (Å²) in [5.74, 6) is 0. The maximum Gasteiger partial charge on any atom is 0.0434 e. The Kier molecular flexibility index (Phi) is 17.5. The first-order chi connectivity index (χ1) is 56.5. The molecule has 0 saturated carbocycles. The van der Waals surface area contributed by atoms with Gasteiger partial charge in [0.15, 0.2) is 0 Å². The lowest BCUT2D eigenvalue weighted by Gasteiger charge is -2.13. The van der Waals surface area contributed by atoms with Crippen LogP contribution in [-0.4, -0.2) is 0 Å². The molecule has 0 unspecified atom stereocenters. The van der Waals surface area contributed by atoms with Gasteiger partial charge in [-0.15, -0.1) is 22.7 Å². The van der Waals surface area contributed by atoms with Crippen LogP contribution in [0.5, 0.6) is 0 Å². The normalized spacial score (nSPS) is 11.5. The highest BCUT2D eigenvalue weighted by atomic mass is 32.1. The van der Waals surface area contributed by atoms with Gasteiger partial charge in [-0.2, -0.15) is 0 Å². The van der Waals surface area contributed by atoms with Crippen LogP contribution in [0.3, 0.4) is 0 Å². The molecule has 0 aliphatic heterocycles. The van der Waals surface area contributed by atoms with Crippen LogP contribution in [0.2, 0.25) is 0 Å². The van der Waals surface area contributed by atoms with Crippen LogP contribution >= 0.6 is 22.7 Å². The molecule has 0 bridgehead atoms. The molecule has 0 aliphatic carbocycles. The summed E-state index contributed by atoms with van der Waals surface area (Å²) in [5, 5.41) is 15.4. The summed E-state index contributed by atoms with van der Waals surface area (Å²) in [5.41, 5.74) is 29.5. The van der Waals surface area contributed by atoms with Crippen LogP contribution in [0.1, 0.15) is 0 Å². The highest BCUT2D eigenvalue weighted by Gasteiger charge is 2.20. The lowest BCUT2D eigenvalue weighted by Crippen LogP contribution is -1.87. The SMILES string of the molecule is c1ccc(-c2ccc(-c3ccc4sc5c(-c6ccc(-c7cc8ccccc8c8ccccc78)cc6)cc(-c6ccc(-c7ccccc7)cc6)cc5c4c3)cc2)cc1.c1ccc(-c2cccc(-c3ccc4sc5c(-c6ccc(-c7cc8ccccc8c8ccccc78)cc6)cc(-c6cccc(-c7ccccc7)c6)cc5c4c3)c2)cc1. The summed E-state index contributed by atoms with van der Waals surface area (Å²) in [4.78, 5) is 0. The number of thiophene rings is 2. The third-order valence-corrected chi connectivity index (χ3v) is 25.4. The molecule has 0 saturated heterocycles. The van der Waals surface area contributed by atoms with Crippen LogP contribution in [-0.2, 0) is 0 Å². The zero-order valence-electron chi connectivity index (χ0n) is 62.4. The van der Waals surface area contributed by atoms with Crippen molar-refractivity contribution >= 4 is 106 Å². The van der Waals surface area contributed by atoms with Gasteiger partial charge in [-0.25, -0.2) is 0 Å². The Morgan fingerprint density at radius 3 is 0.746 bits per heavy atom. The maximum absolute atomic E-state index is 2.42. The molecule has 532 valence electrons. The summed E-state index contributed by atoms with van der Waals surface area (Å²) >= 11 is 3.79. The van der Waals surface area contributed by atoms with Crippen molar-refractivity contribution in [2.24, 2.45) is 0 Å². The molecule has 114 heavy (non-hydrogen) atoms. The minimum absolute atomic E-state index is 1.21. The summed E-state index contributed by atoms with van der Waals surface area (Å²) in [7, 11) is 0. The molecule has 22 aromatic rings. The molecular weight excluding hydrogens is 1410 g/mol. The fourth-order valence-corrected chi connectivity index (χ4v) is 19.5. The Balaban J connectivity index is 0.000000143. The first kappa shape index (κ1) is 68.0. The molecule has 0 fully saturated rings. The van der Waals surface area contributed by atoms with Crippen molar-refractivity contribution in [2.45, 2.75) is 0 Å². The summed E-state index contributed by atoms with van der Waals surface area (Å²) in [6, 6.07) is 160. The van der Waals surface area contributed by atoms with Gasteiger partial charge in [0, 0.05) is 51.5 Å². The molecule has 20 aromatic carbocycles. The fraction of sp³-hybridized carbons (Fsp3) is 0. The predicted octanol–water partition coefficient (Wildman–Crippen LogP) is 32.7. The minimum atomic E-state index is 1.21. The Hall–Kier alpha value is -14.1. The first-order valence-electron chi connectivity index (χ1n) is 39.1. The Labute approximate surface area is 671 Å². The fourth-order valence-electron chi connectivity index (χ4n) is 17.1. The summed E-state index contributed by atoms with van der Waals surface area (Å²) in [6.45, 7) is 0. The third-order valence-electron chi connectivity index (χ3n) is 22.9. The molecule has 2 heteroatoms.